The van der Waals surface area contributed by atoms with E-state index in [0.717, 1.165) is 52.9 Å². The van der Waals surface area contributed by atoms with Crippen molar-refractivity contribution in [3.05, 3.63) is 148 Å². The Labute approximate surface area is 432 Å². The fraction of sp³-hybridized carbons (Fsp3) is 0.373. The highest BCUT2D eigenvalue weighted by atomic mass is 32.1. The largest absolute Gasteiger partial charge is 0.456 e. The summed E-state index contributed by atoms with van der Waals surface area (Å²) in [6.07, 6.45) is 6.98. The van der Waals surface area contributed by atoms with Gasteiger partial charge in [-0.1, -0.05) is 137 Å². The van der Waals surface area contributed by atoms with Gasteiger partial charge < -0.3 is 14.6 Å². The maximum Gasteiger partial charge on any atom is 0.197 e. The summed E-state index contributed by atoms with van der Waals surface area (Å²) >= 11 is 1.90. The Morgan fingerprint density at radius 1 is 0.486 bits per heavy atom. The lowest BCUT2D eigenvalue weighted by Crippen LogP contribution is -2.41. The van der Waals surface area contributed by atoms with Crippen molar-refractivity contribution < 1.29 is 4.42 Å². The lowest BCUT2D eigenvalue weighted by molar-refractivity contribution is 0.332. The molecule has 0 bridgehead atoms. The fourth-order valence-electron chi connectivity index (χ4n) is 13.8. The van der Waals surface area contributed by atoms with Crippen molar-refractivity contribution in [2.75, 3.05) is 10.2 Å². The van der Waals surface area contributed by atoms with Crippen LogP contribution in [0.15, 0.2) is 114 Å². The lowest BCUT2D eigenvalue weighted by Gasteiger charge is -2.44. The van der Waals surface area contributed by atoms with E-state index in [1.807, 2.05) is 11.3 Å². The Hall–Kier alpha value is -5.78. The van der Waals surface area contributed by atoms with E-state index in [1.54, 1.807) is 0 Å². The molecule has 1 radical (unpaired) electrons. The second-order valence-electron chi connectivity index (χ2n) is 26.5. The Bertz CT molecular complexity index is 3800. The van der Waals surface area contributed by atoms with Gasteiger partial charge in [0, 0.05) is 71.0 Å². The Morgan fingerprint density at radius 2 is 1.06 bits per heavy atom. The molecule has 1 aliphatic heterocycles. The molecule has 3 aliphatic carbocycles. The molecule has 7 aromatic carbocycles. The van der Waals surface area contributed by atoms with Crippen LogP contribution in [0.1, 0.15) is 161 Å². The van der Waals surface area contributed by atoms with Gasteiger partial charge in [0.25, 0.3) is 0 Å². The van der Waals surface area contributed by atoms with Crippen LogP contribution in [-0.2, 0) is 32.5 Å². The van der Waals surface area contributed by atoms with Crippen molar-refractivity contribution in [3.63, 3.8) is 0 Å². The van der Waals surface area contributed by atoms with Crippen molar-refractivity contribution in [1.82, 2.24) is 0 Å². The smallest absolute Gasteiger partial charge is 0.197 e. The molecule has 0 spiro atoms. The number of thiophene rings is 1. The van der Waals surface area contributed by atoms with Gasteiger partial charge >= 0.3 is 0 Å². The molecule has 13 rings (SSSR count). The number of anilines is 5. The third-order valence-corrected chi connectivity index (χ3v) is 19.9. The van der Waals surface area contributed by atoms with E-state index in [2.05, 4.69) is 217 Å². The zero-order valence-electron chi connectivity index (χ0n) is 45.0. The first kappa shape index (κ1) is 46.0. The first-order chi connectivity index (χ1) is 34.0. The molecule has 0 saturated heterocycles. The van der Waals surface area contributed by atoms with Crippen LogP contribution in [0.5, 0.6) is 0 Å². The van der Waals surface area contributed by atoms with Crippen molar-refractivity contribution >= 4 is 100 Å². The van der Waals surface area contributed by atoms with Crippen LogP contribution in [0.3, 0.4) is 0 Å². The molecule has 1 N–H and O–H groups in total. The molecule has 0 fully saturated rings. The number of furan rings is 1. The summed E-state index contributed by atoms with van der Waals surface area (Å²) in [7, 11) is 2.53. The number of rotatable bonds is 4. The molecule has 72 heavy (non-hydrogen) atoms. The molecule has 0 atom stereocenters. The van der Waals surface area contributed by atoms with Gasteiger partial charge in [0.05, 0.1) is 0 Å². The van der Waals surface area contributed by atoms with Crippen molar-refractivity contribution in [2.24, 2.45) is 0 Å². The van der Waals surface area contributed by atoms with Crippen LogP contribution in [0, 0.1) is 6.92 Å². The molecule has 3 heterocycles. The summed E-state index contributed by atoms with van der Waals surface area (Å²) < 4.78 is 9.78. The first-order valence-electron chi connectivity index (χ1n) is 26.9. The fourth-order valence-corrected chi connectivity index (χ4v) is 15.0. The van der Waals surface area contributed by atoms with Crippen molar-refractivity contribution in [3.8, 4) is 11.1 Å². The van der Waals surface area contributed by atoms with Gasteiger partial charge in [-0.05, 0) is 183 Å². The van der Waals surface area contributed by atoms with Crippen LogP contribution in [0.2, 0.25) is 0 Å². The Morgan fingerprint density at radius 3 is 1.74 bits per heavy atom. The highest BCUT2D eigenvalue weighted by molar-refractivity contribution is 7.26. The van der Waals surface area contributed by atoms with Gasteiger partial charge in [0.15, 0.2) is 7.28 Å². The van der Waals surface area contributed by atoms with Gasteiger partial charge in [-0.15, -0.1) is 11.3 Å². The lowest BCUT2D eigenvalue weighted by atomic mass is 9.57. The molecule has 0 saturated carbocycles. The molecule has 0 amide bonds. The van der Waals surface area contributed by atoms with Gasteiger partial charge in [0.1, 0.15) is 11.2 Å². The minimum absolute atomic E-state index is 0.0120. The van der Waals surface area contributed by atoms with Crippen LogP contribution in [0.4, 0.5) is 28.4 Å². The number of benzene rings is 7. The van der Waals surface area contributed by atoms with E-state index in [-0.39, 0.29) is 32.5 Å². The Balaban J connectivity index is 1.14. The molecule has 363 valence electrons. The monoisotopic (exact) mass is 962 g/mol. The van der Waals surface area contributed by atoms with Gasteiger partial charge in [-0.2, -0.15) is 0 Å². The number of nitrogens with one attached hydrogen (secondary N) is 1. The second kappa shape index (κ2) is 15.2. The SMILES string of the molecule is Cc1cc2c(cc1N1c3cc4c(cc3[B]c3c1cc1oc5ccccc5c1c3-c1cc3c(cc1Nc1ccc5c(c1)C(C)(C)CCC5(C)C)C(C)(C)CCC3(C)C)sc1ccccc14)C(C)(C)CCC2(C)C. The average Bonchev–Trinajstić information content (AvgIpc) is 3.89. The number of fused-ring (bicyclic) bond motifs is 11. The number of nitrogens with zero attached hydrogens (tertiary/aromatic N) is 1. The van der Waals surface area contributed by atoms with Gasteiger partial charge in [-0.25, -0.2) is 0 Å². The van der Waals surface area contributed by atoms with E-state index in [0.29, 0.717) is 0 Å². The molecular weight excluding hydrogens is 892 g/mol. The normalized spacial score (nSPS) is 19.6. The van der Waals surface area contributed by atoms with Gasteiger partial charge in [0.2, 0.25) is 0 Å². The molecule has 5 heteroatoms. The van der Waals surface area contributed by atoms with Crippen molar-refractivity contribution in [1.29, 1.82) is 0 Å². The highest BCUT2D eigenvalue weighted by Crippen LogP contribution is 2.55. The Kier molecular flexibility index (Phi) is 9.69. The number of hydrogen-bond donors (Lipinski definition) is 1. The zero-order valence-corrected chi connectivity index (χ0v) is 45.8. The average molecular weight is 962 g/mol. The summed E-state index contributed by atoms with van der Waals surface area (Å²) in [6, 6.07) is 42.6. The van der Waals surface area contributed by atoms with E-state index in [4.69, 9.17) is 4.42 Å². The molecule has 0 unspecified atom stereocenters. The van der Waals surface area contributed by atoms with E-state index in [1.165, 1.54) is 117 Å². The summed E-state index contributed by atoms with van der Waals surface area (Å²) in [5.41, 5.74) is 23.0. The third-order valence-electron chi connectivity index (χ3n) is 18.8. The van der Waals surface area contributed by atoms with E-state index in [9.17, 15) is 0 Å². The molecule has 3 nitrogen and oxygen atoms in total. The maximum atomic E-state index is 7.14. The summed E-state index contributed by atoms with van der Waals surface area (Å²) in [5.74, 6) is 0. The number of aryl methyl sites for hydroxylation is 1. The van der Waals surface area contributed by atoms with E-state index < -0.39 is 0 Å². The minimum atomic E-state index is -0.0120. The van der Waals surface area contributed by atoms with E-state index >= 15 is 0 Å². The van der Waals surface area contributed by atoms with Crippen LogP contribution in [-0.4, -0.2) is 7.28 Å². The standard InChI is InChI=1S/C67H70BN2OS/c1-38-30-45-49(67(12,13)29-26-63(45,4)5)35-52(38)70-53-33-42-40-18-15-17-21-57(40)72-58(42)36-50(53)68-61-54(70)37-56-59(41-19-14-16-20-55(41)71-56)60(61)43-32-47-48(66(10,11)28-27-65(47,8)9)34-51(43)69-39-22-23-44-46(31-39)64(6,7)25-24-62(44,2)3/h14-23,30-37,69H,24-29H2,1-13H3. The van der Waals surface area contributed by atoms with Crippen molar-refractivity contribution in [2.45, 2.75) is 161 Å². The van der Waals surface area contributed by atoms with Crippen LogP contribution in [0.25, 0.3) is 53.2 Å². The molecule has 2 aromatic heterocycles. The molecule has 4 aliphatic rings. The predicted molar refractivity (Wildman–Crippen MR) is 312 cm³/mol. The minimum Gasteiger partial charge on any atom is -0.456 e. The first-order valence-corrected chi connectivity index (χ1v) is 27.7. The summed E-state index contributed by atoms with van der Waals surface area (Å²) in [6.45, 7) is 31.7. The highest BCUT2D eigenvalue weighted by Gasteiger charge is 2.42. The topological polar surface area (TPSA) is 28.4 Å². The maximum absolute atomic E-state index is 7.14. The zero-order chi connectivity index (χ0) is 50.2. The molecule has 9 aromatic rings. The quantitative estimate of drug-likeness (QED) is 0.178. The second-order valence-corrected chi connectivity index (χ2v) is 27.5. The van der Waals surface area contributed by atoms with Gasteiger partial charge in [-0.3, -0.25) is 0 Å². The third kappa shape index (κ3) is 6.81. The predicted octanol–water partition coefficient (Wildman–Crippen LogP) is 18.2. The summed E-state index contributed by atoms with van der Waals surface area (Å²) in [5, 5.41) is 9.15. The van der Waals surface area contributed by atoms with Crippen LogP contribution < -0.4 is 21.1 Å². The molecular formula is C67H70BN2OS. The number of para-hydroxylation sites is 1. The van der Waals surface area contributed by atoms with Crippen LogP contribution >= 0.6 is 11.3 Å². The summed E-state index contributed by atoms with van der Waals surface area (Å²) in [4.78, 5) is 2.63. The number of hydrogen-bond acceptors (Lipinski definition) is 4.